The minimum Gasteiger partial charge on any atom is -0.495 e. The zero-order valence-corrected chi connectivity index (χ0v) is 22.1. The number of aromatic nitrogens is 5. The number of nitro groups is 1. The van der Waals surface area contributed by atoms with Crippen molar-refractivity contribution in [2.75, 3.05) is 18.2 Å². The Morgan fingerprint density at radius 3 is 2.63 bits per heavy atom. The van der Waals surface area contributed by atoms with Gasteiger partial charge >= 0.3 is 0 Å². The Morgan fingerprint density at radius 1 is 1.13 bits per heavy atom. The van der Waals surface area contributed by atoms with Gasteiger partial charge in [-0.05, 0) is 32.0 Å². The van der Waals surface area contributed by atoms with Crippen LogP contribution in [0.15, 0.2) is 47.6 Å². The first kappa shape index (κ1) is 26.7. The fourth-order valence-corrected chi connectivity index (χ4v) is 4.78. The van der Waals surface area contributed by atoms with Crippen molar-refractivity contribution in [3.8, 4) is 11.4 Å². The molecule has 0 aliphatic carbocycles. The highest BCUT2D eigenvalue weighted by Gasteiger charge is 2.21. The molecule has 2 aromatic heterocycles. The maximum absolute atomic E-state index is 12.8. The van der Waals surface area contributed by atoms with Crippen molar-refractivity contribution >= 4 is 45.7 Å². The normalized spacial score (nSPS) is 10.7. The molecule has 38 heavy (non-hydrogen) atoms. The van der Waals surface area contributed by atoms with Crippen molar-refractivity contribution in [3.05, 3.63) is 74.5 Å². The molecule has 0 atom stereocenters. The van der Waals surface area contributed by atoms with Gasteiger partial charge < -0.3 is 10.1 Å². The molecule has 0 fully saturated rings. The van der Waals surface area contributed by atoms with Gasteiger partial charge in [0.25, 0.3) is 11.6 Å². The minimum atomic E-state index is -0.531. The molecule has 196 valence electrons. The Hall–Kier alpha value is -4.37. The number of carbonyl (C=O) groups excluding carboxylic acids is 2. The summed E-state index contributed by atoms with van der Waals surface area (Å²) in [5, 5.41) is 34.4. The highest BCUT2D eigenvalue weighted by Crippen LogP contribution is 2.29. The molecule has 0 aliphatic heterocycles. The monoisotopic (exact) mass is 554 g/mol. The first-order valence-corrected chi connectivity index (χ1v) is 12.9. The summed E-state index contributed by atoms with van der Waals surface area (Å²) < 4.78 is 7.18. The zero-order valence-electron chi connectivity index (χ0n) is 20.5. The summed E-state index contributed by atoms with van der Waals surface area (Å²) in [6.45, 7) is 3.35. The quantitative estimate of drug-likeness (QED) is 0.169. The van der Waals surface area contributed by atoms with Gasteiger partial charge in [-0.15, -0.1) is 20.4 Å². The van der Waals surface area contributed by atoms with E-state index in [1.165, 1.54) is 36.6 Å². The second-order valence-electron chi connectivity index (χ2n) is 7.81. The molecule has 0 radical (unpaired) electrons. The average Bonchev–Trinajstić information content (AvgIpc) is 3.51. The zero-order chi connectivity index (χ0) is 27.2. The number of rotatable bonds is 10. The third-order valence-corrected chi connectivity index (χ3v) is 6.89. The van der Waals surface area contributed by atoms with Crippen molar-refractivity contribution in [3.63, 3.8) is 0 Å². The summed E-state index contributed by atoms with van der Waals surface area (Å²) in [4.78, 5) is 36.0. The topological polar surface area (TPSA) is 167 Å². The summed E-state index contributed by atoms with van der Waals surface area (Å²) in [7, 11) is 1.53. The van der Waals surface area contributed by atoms with E-state index < -0.39 is 10.8 Å². The number of nitro benzene ring substituents is 1. The number of aryl methyl sites for hydroxylation is 2. The fourth-order valence-electron chi connectivity index (χ4n) is 3.41. The summed E-state index contributed by atoms with van der Waals surface area (Å²) in [5.74, 6) is 0.114. The molecule has 13 nitrogen and oxygen atoms in total. The Bertz CT molecular complexity index is 1500. The van der Waals surface area contributed by atoms with E-state index in [-0.39, 0.29) is 29.5 Å². The lowest BCUT2D eigenvalue weighted by atomic mass is 10.1. The number of methoxy groups -OCH3 is 1. The Morgan fingerprint density at radius 2 is 1.92 bits per heavy atom. The number of benzene rings is 2. The van der Waals surface area contributed by atoms with Gasteiger partial charge in [-0.3, -0.25) is 29.6 Å². The summed E-state index contributed by atoms with van der Waals surface area (Å²) in [6, 6.07) is 11.4. The second kappa shape index (κ2) is 11.8. The number of anilines is 1. The van der Waals surface area contributed by atoms with Gasteiger partial charge in [0.2, 0.25) is 11.0 Å². The van der Waals surface area contributed by atoms with E-state index in [1.807, 2.05) is 12.1 Å². The summed E-state index contributed by atoms with van der Waals surface area (Å²) in [6.07, 6.45) is 0. The molecular formula is C23H22N8O5S2. The summed E-state index contributed by atoms with van der Waals surface area (Å²) >= 11 is 2.41. The van der Waals surface area contributed by atoms with Crippen LogP contribution >= 0.6 is 23.1 Å². The number of para-hydroxylation sites is 2. The number of carbonyl (C=O) groups is 2. The lowest BCUT2D eigenvalue weighted by Gasteiger charge is -2.14. The molecular weight excluding hydrogens is 532 g/mol. The Balaban J connectivity index is 1.55. The number of hydrogen-bond donors (Lipinski definition) is 2. The van der Waals surface area contributed by atoms with Crippen LogP contribution in [0.2, 0.25) is 0 Å². The third-order valence-electron chi connectivity index (χ3n) is 5.21. The maximum atomic E-state index is 12.8. The van der Waals surface area contributed by atoms with Crippen LogP contribution in [0.3, 0.4) is 0 Å². The van der Waals surface area contributed by atoms with Gasteiger partial charge in [0.05, 0.1) is 30.0 Å². The number of amides is 2. The van der Waals surface area contributed by atoms with Crippen molar-refractivity contribution in [1.29, 1.82) is 0 Å². The molecule has 0 aliphatic rings. The second-order valence-corrected chi connectivity index (χ2v) is 9.93. The third kappa shape index (κ3) is 6.12. The smallest absolute Gasteiger partial charge is 0.273 e. The van der Waals surface area contributed by atoms with E-state index >= 15 is 0 Å². The minimum absolute atomic E-state index is 0.0191. The molecule has 2 heterocycles. The van der Waals surface area contributed by atoms with Gasteiger partial charge in [-0.2, -0.15) is 0 Å². The summed E-state index contributed by atoms with van der Waals surface area (Å²) in [5.41, 5.74) is 1.06. The highest BCUT2D eigenvalue weighted by atomic mass is 32.2. The fraction of sp³-hybridized carbons (Fsp3) is 0.217. The van der Waals surface area contributed by atoms with Crippen LogP contribution in [0, 0.1) is 24.0 Å². The van der Waals surface area contributed by atoms with Gasteiger partial charge in [0.1, 0.15) is 10.8 Å². The predicted octanol–water partition coefficient (Wildman–Crippen LogP) is 3.31. The standard InChI is InChI=1S/C23H22N8O5S2/c1-13-8-9-15(10-17(13)31(34)35)21(33)24-11-19-27-29-23(30(19)16-6-4-5-7-18(16)36-3)37-12-20(32)25-22-28-26-14(2)38-22/h4-10H,11-12H2,1-3H3,(H,24,33)(H,25,28,32). The van der Waals surface area contributed by atoms with Gasteiger partial charge in [-0.25, -0.2) is 0 Å². The van der Waals surface area contributed by atoms with E-state index in [2.05, 4.69) is 31.0 Å². The molecule has 0 spiro atoms. The van der Waals surface area contributed by atoms with Crippen LogP contribution in [0.5, 0.6) is 5.75 Å². The van der Waals surface area contributed by atoms with Gasteiger partial charge in [0, 0.05) is 17.2 Å². The average molecular weight is 555 g/mol. The van der Waals surface area contributed by atoms with E-state index in [0.29, 0.717) is 33.1 Å². The highest BCUT2D eigenvalue weighted by molar-refractivity contribution is 7.99. The molecule has 0 unspecified atom stereocenters. The van der Waals surface area contributed by atoms with E-state index in [4.69, 9.17) is 4.74 Å². The SMILES string of the molecule is COc1ccccc1-n1c(CNC(=O)c2ccc(C)c([N+](=O)[O-])c2)nnc1SCC(=O)Nc1nnc(C)s1. The largest absolute Gasteiger partial charge is 0.495 e. The molecule has 0 saturated carbocycles. The van der Waals surface area contributed by atoms with Crippen molar-refractivity contribution < 1.29 is 19.2 Å². The molecule has 0 bridgehead atoms. The number of ether oxygens (including phenoxy) is 1. The van der Waals surface area contributed by atoms with Gasteiger partial charge in [-0.1, -0.05) is 41.3 Å². The van der Waals surface area contributed by atoms with E-state index in [1.54, 1.807) is 30.5 Å². The van der Waals surface area contributed by atoms with Gasteiger partial charge in [0.15, 0.2) is 11.0 Å². The number of hydrogen-bond acceptors (Lipinski definition) is 11. The first-order chi connectivity index (χ1) is 18.3. The lowest BCUT2D eigenvalue weighted by Crippen LogP contribution is -2.25. The Labute approximate surface area is 224 Å². The van der Waals surface area contributed by atoms with Crippen LogP contribution < -0.4 is 15.4 Å². The lowest BCUT2D eigenvalue weighted by molar-refractivity contribution is -0.385. The molecule has 0 saturated heterocycles. The van der Waals surface area contributed by atoms with E-state index in [0.717, 1.165) is 16.8 Å². The Kier molecular flexibility index (Phi) is 8.28. The molecule has 4 rings (SSSR count). The molecule has 4 aromatic rings. The van der Waals surface area contributed by atoms with Crippen molar-refractivity contribution in [2.24, 2.45) is 0 Å². The number of thioether (sulfide) groups is 1. The maximum Gasteiger partial charge on any atom is 0.273 e. The van der Waals surface area contributed by atoms with E-state index in [9.17, 15) is 19.7 Å². The van der Waals surface area contributed by atoms with Crippen LogP contribution in [-0.4, -0.2) is 54.6 Å². The molecule has 2 aromatic carbocycles. The van der Waals surface area contributed by atoms with Crippen LogP contribution in [0.1, 0.15) is 26.8 Å². The predicted molar refractivity (Wildman–Crippen MR) is 141 cm³/mol. The van der Waals surface area contributed by atoms with Crippen molar-refractivity contribution in [1.82, 2.24) is 30.3 Å². The number of nitrogens with zero attached hydrogens (tertiary/aromatic N) is 6. The van der Waals surface area contributed by atoms with Crippen LogP contribution in [0.25, 0.3) is 5.69 Å². The molecule has 15 heteroatoms. The van der Waals surface area contributed by atoms with Crippen LogP contribution in [0.4, 0.5) is 10.8 Å². The first-order valence-electron chi connectivity index (χ1n) is 11.1. The van der Waals surface area contributed by atoms with Crippen LogP contribution in [-0.2, 0) is 11.3 Å². The molecule has 2 amide bonds. The number of nitrogens with one attached hydrogen (secondary N) is 2. The molecule has 2 N–H and O–H groups in total. The van der Waals surface area contributed by atoms with Crippen molar-refractivity contribution in [2.45, 2.75) is 25.5 Å².